The Hall–Kier alpha value is -7.82. The van der Waals surface area contributed by atoms with Gasteiger partial charge in [-0.2, -0.15) is 0 Å². The molecule has 6 aromatic carbocycles. The Labute approximate surface area is 401 Å². The Bertz CT molecular complexity index is 3250. The van der Waals surface area contributed by atoms with Crippen LogP contribution in [0.25, 0.3) is 56.2 Å². The molecule has 330 valence electrons. The van der Waals surface area contributed by atoms with Crippen LogP contribution in [0.15, 0.2) is 234 Å². The first-order valence-electron chi connectivity index (χ1n) is 24.3. The first-order chi connectivity index (χ1) is 33.6. The fourth-order valence-corrected chi connectivity index (χ4v) is 10.2. The molecule has 0 N–H and O–H groups in total. The van der Waals surface area contributed by atoms with E-state index in [2.05, 4.69) is 219 Å². The maximum absolute atomic E-state index is 5.43. The summed E-state index contributed by atoms with van der Waals surface area (Å²) in [5, 5.41) is 0. The van der Waals surface area contributed by atoms with Crippen LogP contribution in [-0.4, -0.2) is 21.5 Å². The van der Waals surface area contributed by atoms with Crippen LogP contribution < -0.4 is 0 Å². The Morgan fingerprint density at radius 2 is 1.16 bits per heavy atom. The van der Waals surface area contributed by atoms with Crippen LogP contribution in [-0.2, 0) is 0 Å². The van der Waals surface area contributed by atoms with E-state index in [0.717, 1.165) is 113 Å². The number of amidine groups is 1. The number of aromatic nitrogens is 2. The molecule has 0 amide bonds. The summed E-state index contributed by atoms with van der Waals surface area (Å²) in [5.74, 6) is 2.21. The monoisotopic (exact) mass is 878 g/mol. The molecule has 0 saturated heterocycles. The van der Waals surface area contributed by atoms with E-state index in [4.69, 9.17) is 20.0 Å². The third kappa shape index (κ3) is 9.28. The molecule has 1 aliphatic heterocycles. The summed E-state index contributed by atoms with van der Waals surface area (Å²) in [5.41, 5.74) is 19.6. The van der Waals surface area contributed by atoms with Crippen molar-refractivity contribution in [2.24, 2.45) is 15.9 Å². The van der Waals surface area contributed by atoms with Crippen LogP contribution in [0.4, 0.5) is 0 Å². The van der Waals surface area contributed by atoms with Crippen molar-refractivity contribution in [2.45, 2.75) is 57.8 Å². The molecule has 11 rings (SSSR count). The highest BCUT2D eigenvalue weighted by Crippen LogP contribution is 2.40. The van der Waals surface area contributed by atoms with Crippen molar-refractivity contribution in [3.63, 3.8) is 0 Å². The van der Waals surface area contributed by atoms with Crippen LogP contribution in [0, 0.1) is 12.8 Å². The molecule has 0 spiro atoms. The second-order valence-corrected chi connectivity index (χ2v) is 18.3. The average Bonchev–Trinajstić information content (AvgIpc) is 3.66. The molecule has 2 heterocycles. The zero-order valence-corrected chi connectivity index (χ0v) is 38.6. The number of hydrogen-bond acceptors (Lipinski definition) is 4. The lowest BCUT2D eigenvalue weighted by atomic mass is 9.78. The molecule has 68 heavy (non-hydrogen) atoms. The van der Waals surface area contributed by atoms with Crippen LogP contribution in [0.1, 0.15) is 78.8 Å². The first kappa shape index (κ1) is 42.8. The second kappa shape index (κ2) is 19.6. The highest BCUT2D eigenvalue weighted by atomic mass is 14.9. The van der Waals surface area contributed by atoms with E-state index >= 15 is 0 Å². The van der Waals surface area contributed by atoms with Gasteiger partial charge in [-0.25, -0.2) is 20.0 Å². The van der Waals surface area contributed by atoms with Crippen molar-refractivity contribution < 1.29 is 0 Å². The van der Waals surface area contributed by atoms with Crippen molar-refractivity contribution in [3.05, 3.63) is 251 Å². The molecular formula is C64H54N4. The lowest BCUT2D eigenvalue weighted by molar-refractivity contribution is 0.525. The van der Waals surface area contributed by atoms with Crippen molar-refractivity contribution in [1.82, 2.24) is 9.97 Å². The minimum atomic E-state index is 0.177. The zero-order valence-electron chi connectivity index (χ0n) is 38.6. The second-order valence-electron chi connectivity index (χ2n) is 18.3. The maximum Gasteiger partial charge on any atom is 0.160 e. The standard InChI is InChI=1S/C64H54N4/c1-44-61(48-25-12-5-13-26-48)67-64(68-62(44)56-34-16-31-53(41-56)50-28-14-27-49(39-50)45-19-6-2-7-20-45)58-36-18-33-55(43-58)52-30-15-29-51(40-52)54-32-17-35-57(42-54)63-65-59(46-21-8-3-9-22-46)37-38-60(66-63)47-23-10-4-11-24-47/h2-14,16,18-25,27-28,30-31,33-37,39-41,43,48,54H,15,17,26,29,32,38,42H2,1H3. The van der Waals surface area contributed by atoms with Gasteiger partial charge in [-0.05, 0) is 125 Å². The van der Waals surface area contributed by atoms with Crippen LogP contribution in [0.3, 0.4) is 0 Å². The van der Waals surface area contributed by atoms with Gasteiger partial charge in [-0.1, -0.05) is 200 Å². The Balaban J connectivity index is 0.897. The number of nitrogens with zero attached hydrogens (tertiary/aromatic N) is 4. The van der Waals surface area contributed by atoms with E-state index in [-0.39, 0.29) is 5.92 Å². The van der Waals surface area contributed by atoms with Gasteiger partial charge in [0.25, 0.3) is 0 Å². The number of rotatable bonds is 10. The van der Waals surface area contributed by atoms with Crippen molar-refractivity contribution in [1.29, 1.82) is 0 Å². The van der Waals surface area contributed by atoms with Gasteiger partial charge < -0.3 is 0 Å². The molecular weight excluding hydrogens is 825 g/mol. The Morgan fingerprint density at radius 1 is 0.529 bits per heavy atom. The molecule has 4 aliphatic rings. The van der Waals surface area contributed by atoms with Crippen molar-refractivity contribution in [2.75, 3.05) is 0 Å². The summed E-state index contributed by atoms with van der Waals surface area (Å²) in [6.07, 6.45) is 25.1. The summed E-state index contributed by atoms with van der Waals surface area (Å²) in [7, 11) is 0. The summed E-state index contributed by atoms with van der Waals surface area (Å²) < 4.78 is 0. The number of allylic oxidation sites excluding steroid dienone is 10. The molecule has 0 fully saturated rings. The van der Waals surface area contributed by atoms with Crippen LogP contribution >= 0.6 is 0 Å². The van der Waals surface area contributed by atoms with Gasteiger partial charge >= 0.3 is 0 Å². The summed E-state index contributed by atoms with van der Waals surface area (Å²) in [6, 6.07) is 58.3. The summed E-state index contributed by atoms with van der Waals surface area (Å²) >= 11 is 0. The number of benzene rings is 6. The largest absolute Gasteiger partial charge is 0.233 e. The highest BCUT2D eigenvalue weighted by Gasteiger charge is 2.26. The van der Waals surface area contributed by atoms with E-state index in [1.807, 2.05) is 0 Å². The van der Waals surface area contributed by atoms with E-state index in [0.29, 0.717) is 5.92 Å². The molecule has 2 unspecified atom stereocenters. The maximum atomic E-state index is 5.43. The van der Waals surface area contributed by atoms with Gasteiger partial charge in [-0.15, -0.1) is 0 Å². The van der Waals surface area contributed by atoms with Gasteiger partial charge in [0.1, 0.15) is 0 Å². The van der Waals surface area contributed by atoms with Gasteiger partial charge in [-0.3, -0.25) is 0 Å². The molecule has 7 aromatic rings. The van der Waals surface area contributed by atoms with Gasteiger partial charge in [0.15, 0.2) is 11.7 Å². The lowest BCUT2D eigenvalue weighted by Gasteiger charge is -2.27. The van der Waals surface area contributed by atoms with Crippen molar-refractivity contribution in [3.8, 4) is 44.9 Å². The quantitative estimate of drug-likeness (QED) is 0.137. The third-order valence-corrected chi connectivity index (χ3v) is 13.9. The van der Waals surface area contributed by atoms with E-state index in [9.17, 15) is 0 Å². The predicted octanol–water partition coefficient (Wildman–Crippen LogP) is 16.2. The minimum Gasteiger partial charge on any atom is -0.233 e. The smallest absolute Gasteiger partial charge is 0.160 e. The molecule has 0 saturated carbocycles. The van der Waals surface area contributed by atoms with E-state index < -0.39 is 0 Å². The molecule has 0 bridgehead atoms. The van der Waals surface area contributed by atoms with Gasteiger partial charge in [0.2, 0.25) is 0 Å². The Kier molecular flexibility index (Phi) is 12.3. The fraction of sp³-hybridized carbons (Fsp3) is 0.156. The third-order valence-electron chi connectivity index (χ3n) is 13.9. The molecule has 4 nitrogen and oxygen atoms in total. The normalized spacial score (nSPS) is 18.1. The van der Waals surface area contributed by atoms with E-state index in [1.165, 1.54) is 39.0 Å². The van der Waals surface area contributed by atoms with Crippen molar-refractivity contribution >= 4 is 22.8 Å². The first-order valence-corrected chi connectivity index (χ1v) is 24.3. The van der Waals surface area contributed by atoms with E-state index in [1.54, 1.807) is 0 Å². The molecule has 1 aromatic heterocycles. The highest BCUT2D eigenvalue weighted by molar-refractivity contribution is 6.15. The molecule has 0 radical (unpaired) electrons. The minimum absolute atomic E-state index is 0.177. The molecule has 2 atom stereocenters. The fourth-order valence-electron chi connectivity index (χ4n) is 10.2. The lowest BCUT2D eigenvalue weighted by Crippen LogP contribution is -2.16. The average molecular weight is 879 g/mol. The van der Waals surface area contributed by atoms with Crippen LogP contribution in [0.2, 0.25) is 0 Å². The zero-order chi connectivity index (χ0) is 45.7. The number of hydrogen-bond donors (Lipinski definition) is 0. The SMILES string of the molecule is Cc1c(-c2cccc(-c3cccc(-c4ccccc4)c3)c2)nc(-c2cccc(C3=CCCC(C4CCC=C(C5=NC(c6ccccc6)=CCC(c6ccccc6)=N5)C4)=C3)c2)nc1C1C=CC=CC1. The predicted molar refractivity (Wildman–Crippen MR) is 284 cm³/mol. The molecule has 4 heteroatoms. The topological polar surface area (TPSA) is 50.5 Å². The van der Waals surface area contributed by atoms with Gasteiger partial charge in [0, 0.05) is 23.5 Å². The van der Waals surface area contributed by atoms with Gasteiger partial charge in [0.05, 0.1) is 22.8 Å². The number of aliphatic imine (C=N–C) groups is 2. The Morgan fingerprint density at radius 3 is 1.90 bits per heavy atom. The summed E-state index contributed by atoms with van der Waals surface area (Å²) in [4.78, 5) is 21.4. The summed E-state index contributed by atoms with van der Waals surface area (Å²) in [6.45, 7) is 2.20. The van der Waals surface area contributed by atoms with Crippen LogP contribution in [0.5, 0.6) is 0 Å². The molecule has 3 aliphatic carbocycles.